The van der Waals surface area contributed by atoms with Crippen molar-refractivity contribution in [2.45, 2.75) is 25.8 Å². The van der Waals surface area contributed by atoms with Gasteiger partial charge in [-0.05, 0) is 48.4 Å². The molecule has 3 nitrogen and oxygen atoms in total. The minimum Gasteiger partial charge on any atom is -0.326 e. The van der Waals surface area contributed by atoms with Gasteiger partial charge < -0.3 is 10.6 Å². The molecule has 5 heteroatoms. The lowest BCUT2D eigenvalue weighted by atomic mass is 10.1. The van der Waals surface area contributed by atoms with Gasteiger partial charge in [0.1, 0.15) is 0 Å². The third-order valence-electron chi connectivity index (χ3n) is 3.81. The zero-order chi connectivity index (χ0) is 14.8. The molecule has 0 radical (unpaired) electrons. The van der Waals surface area contributed by atoms with Crippen LogP contribution in [-0.2, 0) is 13.0 Å². The van der Waals surface area contributed by atoms with Gasteiger partial charge >= 0.3 is 0 Å². The summed E-state index contributed by atoms with van der Waals surface area (Å²) in [6, 6.07) is 7.41. The van der Waals surface area contributed by atoms with Crippen molar-refractivity contribution in [3.8, 4) is 0 Å². The molecule has 0 fully saturated rings. The maximum absolute atomic E-state index is 12.8. The molecule has 1 aliphatic heterocycles. The van der Waals surface area contributed by atoms with Crippen LogP contribution in [0.1, 0.15) is 33.6 Å². The van der Waals surface area contributed by atoms with E-state index in [1.165, 1.54) is 4.88 Å². The van der Waals surface area contributed by atoms with Crippen LogP contribution in [-0.4, -0.2) is 12.5 Å². The number of carbonyl (C=O) groups excluding carboxylic acids is 1. The molecule has 0 unspecified atom stereocenters. The maximum Gasteiger partial charge on any atom is 0.258 e. The minimum atomic E-state index is 0.0158. The summed E-state index contributed by atoms with van der Waals surface area (Å²) < 4.78 is 0. The number of amides is 1. The molecule has 21 heavy (non-hydrogen) atoms. The number of thiophene rings is 1. The fraction of sp³-hybridized carbons (Fsp3) is 0.312. The smallest absolute Gasteiger partial charge is 0.258 e. The first-order chi connectivity index (χ1) is 10.2. The summed E-state index contributed by atoms with van der Waals surface area (Å²) in [7, 11) is 0. The molecular weight excluding hydrogens is 304 g/mol. The SMILES string of the molecule is NCc1ccc(C(=O)N2CCCCc3sccc32)cc1Cl. The van der Waals surface area contributed by atoms with Gasteiger partial charge in [0.15, 0.2) is 0 Å². The van der Waals surface area contributed by atoms with E-state index < -0.39 is 0 Å². The van der Waals surface area contributed by atoms with Gasteiger partial charge in [0, 0.05) is 28.6 Å². The summed E-state index contributed by atoms with van der Waals surface area (Å²) in [6.07, 6.45) is 3.22. The summed E-state index contributed by atoms with van der Waals surface area (Å²) in [5.41, 5.74) is 8.15. The molecule has 110 valence electrons. The third kappa shape index (κ3) is 2.84. The minimum absolute atomic E-state index is 0.0158. The van der Waals surface area contributed by atoms with E-state index >= 15 is 0 Å². The highest BCUT2D eigenvalue weighted by Gasteiger charge is 2.23. The van der Waals surface area contributed by atoms with Crippen LogP contribution in [0.3, 0.4) is 0 Å². The van der Waals surface area contributed by atoms with Crippen LogP contribution < -0.4 is 10.6 Å². The summed E-state index contributed by atoms with van der Waals surface area (Å²) in [5, 5.41) is 2.62. The number of aryl methyl sites for hydroxylation is 1. The van der Waals surface area contributed by atoms with Gasteiger partial charge in [-0.25, -0.2) is 0 Å². The summed E-state index contributed by atoms with van der Waals surface area (Å²) in [4.78, 5) is 16.0. The Balaban J connectivity index is 1.94. The van der Waals surface area contributed by atoms with E-state index in [0.717, 1.165) is 37.1 Å². The Morgan fingerprint density at radius 3 is 2.95 bits per heavy atom. The number of halogens is 1. The Bertz CT molecular complexity index is 668. The molecule has 2 heterocycles. The van der Waals surface area contributed by atoms with Crippen molar-refractivity contribution >= 4 is 34.5 Å². The number of benzene rings is 1. The molecule has 2 aromatic rings. The van der Waals surface area contributed by atoms with Crippen LogP contribution in [0.5, 0.6) is 0 Å². The Labute approximate surface area is 133 Å². The summed E-state index contributed by atoms with van der Waals surface area (Å²) >= 11 is 7.90. The van der Waals surface area contributed by atoms with Crippen molar-refractivity contribution in [1.29, 1.82) is 0 Å². The molecule has 0 saturated heterocycles. The van der Waals surface area contributed by atoms with Crippen LogP contribution in [0.25, 0.3) is 0 Å². The van der Waals surface area contributed by atoms with E-state index in [-0.39, 0.29) is 5.91 Å². The van der Waals surface area contributed by atoms with Crippen LogP contribution >= 0.6 is 22.9 Å². The fourth-order valence-electron chi connectivity index (χ4n) is 2.65. The Hall–Kier alpha value is -1.36. The number of nitrogens with zero attached hydrogens (tertiary/aromatic N) is 1. The first kappa shape index (κ1) is 14.6. The summed E-state index contributed by atoms with van der Waals surface area (Å²) in [6.45, 7) is 1.14. The molecule has 3 rings (SSSR count). The normalized spacial score (nSPS) is 14.7. The lowest BCUT2D eigenvalue weighted by Gasteiger charge is -2.21. The molecule has 2 N–H and O–H groups in total. The van der Waals surface area contributed by atoms with Gasteiger partial charge in [-0.15, -0.1) is 11.3 Å². The second-order valence-corrected chi connectivity index (χ2v) is 6.56. The van der Waals surface area contributed by atoms with Gasteiger partial charge in [-0.1, -0.05) is 17.7 Å². The molecule has 1 aromatic carbocycles. The van der Waals surface area contributed by atoms with Crippen molar-refractivity contribution in [2.24, 2.45) is 5.73 Å². The Kier molecular flexibility index (Phi) is 4.29. The van der Waals surface area contributed by atoms with Crippen LogP contribution in [0, 0.1) is 0 Å². The average Bonchev–Trinajstić information content (AvgIpc) is 2.86. The van der Waals surface area contributed by atoms with Gasteiger partial charge in [-0.3, -0.25) is 4.79 Å². The van der Waals surface area contributed by atoms with E-state index in [2.05, 4.69) is 5.38 Å². The van der Waals surface area contributed by atoms with Gasteiger partial charge in [0.2, 0.25) is 0 Å². The average molecular weight is 321 g/mol. The quantitative estimate of drug-likeness (QED) is 0.913. The number of rotatable bonds is 2. The van der Waals surface area contributed by atoms with Crippen molar-refractivity contribution < 1.29 is 4.79 Å². The number of nitrogens with two attached hydrogens (primary N) is 1. The second-order valence-electron chi connectivity index (χ2n) is 5.15. The molecule has 0 bridgehead atoms. The zero-order valence-corrected chi connectivity index (χ0v) is 13.2. The van der Waals surface area contributed by atoms with Crippen molar-refractivity contribution in [2.75, 3.05) is 11.4 Å². The largest absolute Gasteiger partial charge is 0.326 e. The molecular formula is C16H17ClN2OS. The standard InChI is InChI=1S/C16H17ClN2OS/c17-13-9-11(4-5-12(13)10-18)16(20)19-7-2-1-3-15-14(19)6-8-21-15/h4-6,8-9H,1-3,7,10,18H2. The summed E-state index contributed by atoms with van der Waals surface area (Å²) in [5.74, 6) is 0.0158. The molecule has 0 aliphatic carbocycles. The fourth-order valence-corrected chi connectivity index (χ4v) is 3.83. The lowest BCUT2D eigenvalue weighted by Crippen LogP contribution is -2.31. The van der Waals surface area contributed by atoms with Crippen LogP contribution in [0.4, 0.5) is 5.69 Å². The van der Waals surface area contributed by atoms with Gasteiger partial charge in [0.05, 0.1) is 5.69 Å². The van der Waals surface area contributed by atoms with Crippen molar-refractivity contribution in [3.63, 3.8) is 0 Å². The highest BCUT2D eigenvalue weighted by molar-refractivity contribution is 7.10. The van der Waals surface area contributed by atoms with Crippen LogP contribution in [0.2, 0.25) is 5.02 Å². The van der Waals surface area contributed by atoms with E-state index in [1.807, 2.05) is 23.1 Å². The van der Waals surface area contributed by atoms with Crippen molar-refractivity contribution in [3.05, 3.63) is 50.7 Å². The van der Waals surface area contributed by atoms with E-state index in [4.69, 9.17) is 17.3 Å². The first-order valence-corrected chi connectivity index (χ1v) is 8.33. The molecule has 0 spiro atoms. The highest BCUT2D eigenvalue weighted by Crippen LogP contribution is 2.32. The van der Waals surface area contributed by atoms with Crippen molar-refractivity contribution in [1.82, 2.24) is 0 Å². The maximum atomic E-state index is 12.8. The van der Waals surface area contributed by atoms with Gasteiger partial charge in [0.25, 0.3) is 5.91 Å². The molecule has 1 amide bonds. The number of fused-ring (bicyclic) bond motifs is 1. The predicted molar refractivity (Wildman–Crippen MR) is 88.3 cm³/mol. The monoisotopic (exact) mass is 320 g/mol. The Morgan fingerprint density at radius 1 is 1.33 bits per heavy atom. The van der Waals surface area contributed by atoms with E-state index in [0.29, 0.717) is 17.1 Å². The highest BCUT2D eigenvalue weighted by atomic mass is 35.5. The first-order valence-electron chi connectivity index (χ1n) is 7.07. The third-order valence-corrected chi connectivity index (χ3v) is 5.14. The predicted octanol–water partition coefficient (Wildman–Crippen LogP) is 3.84. The zero-order valence-electron chi connectivity index (χ0n) is 11.6. The molecule has 0 atom stereocenters. The van der Waals surface area contributed by atoms with Gasteiger partial charge in [-0.2, -0.15) is 0 Å². The molecule has 1 aromatic heterocycles. The lowest BCUT2D eigenvalue weighted by molar-refractivity contribution is 0.0987. The molecule has 1 aliphatic rings. The Morgan fingerprint density at radius 2 is 2.19 bits per heavy atom. The molecule has 0 saturated carbocycles. The van der Waals surface area contributed by atoms with E-state index in [1.54, 1.807) is 17.4 Å². The number of hydrogen-bond acceptors (Lipinski definition) is 3. The number of carbonyl (C=O) groups is 1. The van der Waals surface area contributed by atoms with E-state index in [9.17, 15) is 4.79 Å². The number of anilines is 1. The van der Waals surface area contributed by atoms with Crippen LogP contribution in [0.15, 0.2) is 29.6 Å². The number of hydrogen-bond donors (Lipinski definition) is 1. The topological polar surface area (TPSA) is 46.3 Å². The second kappa shape index (κ2) is 6.18.